The van der Waals surface area contributed by atoms with E-state index in [9.17, 15) is 0 Å². The van der Waals surface area contributed by atoms with Gasteiger partial charge >= 0.3 is 0 Å². The maximum absolute atomic E-state index is 6.68. The molecule has 0 bridgehead atoms. The van der Waals surface area contributed by atoms with Gasteiger partial charge in [-0.25, -0.2) is 0 Å². The van der Waals surface area contributed by atoms with Crippen molar-refractivity contribution in [1.29, 1.82) is 0 Å². The van der Waals surface area contributed by atoms with Crippen LogP contribution in [0.25, 0.3) is 103 Å². The molecule has 0 radical (unpaired) electrons. The fourth-order valence-corrected chi connectivity index (χ4v) is 11.3. The topological polar surface area (TPSA) is 21.3 Å². The van der Waals surface area contributed by atoms with Gasteiger partial charge in [-0.15, -0.1) is 11.3 Å². The highest BCUT2D eigenvalue weighted by Crippen LogP contribution is 2.50. The maximum atomic E-state index is 6.68. The monoisotopic (exact) mass is 834 g/mol. The van der Waals surface area contributed by atoms with Crippen molar-refractivity contribution in [3.8, 4) is 39.1 Å². The van der Waals surface area contributed by atoms with Crippen LogP contribution in [0.15, 0.2) is 235 Å². The van der Waals surface area contributed by atoms with Crippen LogP contribution in [-0.2, 0) is 0 Å². The highest BCUT2D eigenvalue weighted by molar-refractivity contribution is 7.26. The highest BCUT2D eigenvalue weighted by Gasteiger charge is 2.25. The summed E-state index contributed by atoms with van der Waals surface area (Å²) in [5, 5.41) is 7.19. The van der Waals surface area contributed by atoms with Crippen LogP contribution in [0.2, 0.25) is 0 Å². The second kappa shape index (κ2) is 14.7. The van der Waals surface area contributed by atoms with Crippen molar-refractivity contribution < 1.29 is 4.42 Å². The standard InChI is InChI=1S/C60H38N2OS/c1-3-18-39(19-4-1)51-38-41(36-37-42(51)46-26-15-27-47-44-23-9-13-34-56(44)63-59(46)47)62(52-30-11-7-22-43(52)48-28-16-29-49-45-24-10-14-35-57(45)64-60(48)49)55-33-17-32-54-58(55)50-25-8-12-31-53(50)61(54)40-20-5-2-6-21-40/h1-38H. The quantitative estimate of drug-likeness (QED) is 0.159. The Kier molecular flexibility index (Phi) is 8.40. The minimum Gasteiger partial charge on any atom is -0.455 e. The number of hydrogen-bond donors (Lipinski definition) is 0. The van der Waals surface area contributed by atoms with Gasteiger partial charge in [0, 0.05) is 69.8 Å². The summed E-state index contributed by atoms with van der Waals surface area (Å²) >= 11 is 1.87. The number of para-hydroxylation sites is 5. The van der Waals surface area contributed by atoms with Crippen molar-refractivity contribution >= 4 is 92.3 Å². The number of rotatable bonds is 7. The number of furan rings is 1. The molecule has 3 heterocycles. The molecule has 4 heteroatoms. The zero-order valence-electron chi connectivity index (χ0n) is 34.7. The molecule has 64 heavy (non-hydrogen) atoms. The molecular formula is C60H38N2OS. The number of anilines is 3. The molecule has 3 aromatic heterocycles. The lowest BCUT2D eigenvalue weighted by Gasteiger charge is -2.30. The second-order valence-corrected chi connectivity index (χ2v) is 17.4. The fourth-order valence-electron chi connectivity index (χ4n) is 10.0. The van der Waals surface area contributed by atoms with Gasteiger partial charge in [0.1, 0.15) is 11.2 Å². The lowest BCUT2D eigenvalue weighted by atomic mass is 9.92. The van der Waals surface area contributed by atoms with Gasteiger partial charge < -0.3 is 13.9 Å². The second-order valence-electron chi connectivity index (χ2n) is 16.4. The molecule has 0 atom stereocenters. The first-order valence-electron chi connectivity index (χ1n) is 21.8. The third-order valence-corrected chi connectivity index (χ3v) is 14.0. The summed E-state index contributed by atoms with van der Waals surface area (Å²) in [6.07, 6.45) is 0. The van der Waals surface area contributed by atoms with Gasteiger partial charge in [-0.1, -0.05) is 170 Å². The van der Waals surface area contributed by atoms with Crippen molar-refractivity contribution in [2.45, 2.75) is 0 Å². The van der Waals surface area contributed by atoms with Gasteiger partial charge in [-0.3, -0.25) is 0 Å². The van der Waals surface area contributed by atoms with Gasteiger partial charge in [-0.2, -0.15) is 0 Å². The van der Waals surface area contributed by atoms with Gasteiger partial charge in [-0.05, 0) is 77.4 Å². The van der Waals surface area contributed by atoms with Crippen LogP contribution in [0.5, 0.6) is 0 Å². The molecule has 10 aromatic carbocycles. The number of nitrogens with zero attached hydrogens (tertiary/aromatic N) is 2. The predicted molar refractivity (Wildman–Crippen MR) is 272 cm³/mol. The Hall–Kier alpha value is -8.18. The number of fused-ring (bicyclic) bond motifs is 9. The molecule has 0 saturated heterocycles. The highest BCUT2D eigenvalue weighted by atomic mass is 32.1. The zero-order valence-corrected chi connectivity index (χ0v) is 35.5. The molecule has 13 rings (SSSR count). The Labute approximate surface area is 373 Å². The predicted octanol–water partition coefficient (Wildman–Crippen LogP) is 17.5. The third kappa shape index (κ3) is 5.66. The van der Waals surface area contributed by atoms with E-state index in [2.05, 4.69) is 234 Å². The van der Waals surface area contributed by atoms with Crippen molar-refractivity contribution in [3.63, 3.8) is 0 Å². The summed E-state index contributed by atoms with van der Waals surface area (Å²) in [5.41, 5.74) is 15.3. The van der Waals surface area contributed by atoms with E-state index in [-0.39, 0.29) is 0 Å². The molecule has 0 aliphatic rings. The van der Waals surface area contributed by atoms with Crippen molar-refractivity contribution in [3.05, 3.63) is 231 Å². The van der Waals surface area contributed by atoms with Crippen LogP contribution >= 0.6 is 11.3 Å². The largest absolute Gasteiger partial charge is 0.455 e. The molecule has 0 N–H and O–H groups in total. The average molecular weight is 835 g/mol. The summed E-state index contributed by atoms with van der Waals surface area (Å²) in [6.45, 7) is 0. The van der Waals surface area contributed by atoms with Crippen LogP contribution in [-0.4, -0.2) is 4.57 Å². The fraction of sp³-hybridized carbons (Fsp3) is 0. The third-order valence-electron chi connectivity index (χ3n) is 12.8. The lowest BCUT2D eigenvalue weighted by molar-refractivity contribution is 0.670. The first-order valence-corrected chi connectivity index (χ1v) is 22.6. The van der Waals surface area contributed by atoms with E-state index in [4.69, 9.17) is 4.42 Å². The summed E-state index contributed by atoms with van der Waals surface area (Å²) in [5.74, 6) is 0. The van der Waals surface area contributed by atoms with Crippen LogP contribution in [0.3, 0.4) is 0 Å². The van der Waals surface area contributed by atoms with Crippen LogP contribution in [0.4, 0.5) is 17.1 Å². The molecule has 0 spiro atoms. The number of hydrogen-bond acceptors (Lipinski definition) is 3. The van der Waals surface area contributed by atoms with Gasteiger partial charge in [0.2, 0.25) is 0 Å². The van der Waals surface area contributed by atoms with Gasteiger partial charge in [0.05, 0.1) is 22.4 Å². The Morgan fingerprint density at radius 1 is 0.391 bits per heavy atom. The molecule has 0 unspecified atom stereocenters. The molecule has 300 valence electrons. The maximum Gasteiger partial charge on any atom is 0.143 e. The van der Waals surface area contributed by atoms with Crippen molar-refractivity contribution in [2.24, 2.45) is 0 Å². The van der Waals surface area contributed by atoms with Crippen molar-refractivity contribution in [1.82, 2.24) is 4.57 Å². The zero-order chi connectivity index (χ0) is 42.1. The normalized spacial score (nSPS) is 11.8. The van der Waals surface area contributed by atoms with Crippen LogP contribution in [0.1, 0.15) is 0 Å². The SMILES string of the molecule is c1ccc(-c2cc(N(c3ccccc3-c3cccc4c3sc3ccccc34)c3cccc4c3c3ccccc3n4-c3ccccc3)ccc2-c2cccc3c2oc2ccccc23)cc1. The number of aromatic nitrogens is 1. The van der Waals surface area contributed by atoms with Gasteiger partial charge in [0.15, 0.2) is 0 Å². The minimum atomic E-state index is 0.891. The van der Waals surface area contributed by atoms with Gasteiger partial charge in [0.25, 0.3) is 0 Å². The molecule has 3 nitrogen and oxygen atoms in total. The Bertz CT molecular complexity index is 3910. The van der Waals surface area contributed by atoms with E-state index in [0.29, 0.717) is 0 Å². The summed E-state index contributed by atoms with van der Waals surface area (Å²) in [6, 6.07) is 83.5. The smallest absolute Gasteiger partial charge is 0.143 e. The van der Waals surface area contributed by atoms with E-state index in [1.54, 1.807) is 0 Å². The number of thiophene rings is 1. The molecule has 13 aromatic rings. The average Bonchev–Trinajstić information content (AvgIpc) is 4.05. The van der Waals surface area contributed by atoms with E-state index in [0.717, 1.165) is 72.5 Å². The minimum absolute atomic E-state index is 0.891. The lowest BCUT2D eigenvalue weighted by Crippen LogP contribution is -2.12. The summed E-state index contributed by atoms with van der Waals surface area (Å²) in [7, 11) is 0. The van der Waals surface area contributed by atoms with E-state index in [1.807, 2.05) is 17.4 Å². The summed E-state index contributed by atoms with van der Waals surface area (Å²) in [4.78, 5) is 2.50. The van der Waals surface area contributed by atoms with Crippen LogP contribution in [0, 0.1) is 0 Å². The molecular weight excluding hydrogens is 797 g/mol. The van der Waals surface area contributed by atoms with Crippen molar-refractivity contribution in [2.75, 3.05) is 4.90 Å². The molecule has 0 amide bonds. The molecule has 0 aliphatic heterocycles. The molecule has 0 fully saturated rings. The number of benzene rings is 10. The first kappa shape index (κ1) is 36.5. The van der Waals surface area contributed by atoms with E-state index < -0.39 is 0 Å². The first-order chi connectivity index (χ1) is 31.8. The van der Waals surface area contributed by atoms with Crippen LogP contribution < -0.4 is 4.90 Å². The Balaban J connectivity index is 1.12. The van der Waals surface area contributed by atoms with E-state index in [1.165, 1.54) is 47.6 Å². The Morgan fingerprint density at radius 2 is 1.02 bits per heavy atom. The molecule has 0 saturated carbocycles. The van der Waals surface area contributed by atoms with E-state index >= 15 is 0 Å². The summed E-state index contributed by atoms with van der Waals surface area (Å²) < 4.78 is 11.7. The Morgan fingerprint density at radius 3 is 1.89 bits per heavy atom. The molecule has 0 aliphatic carbocycles.